The predicted octanol–water partition coefficient (Wildman–Crippen LogP) is 3.11. The molecule has 2 nitrogen and oxygen atoms in total. The maximum atomic E-state index is 12.5. The van der Waals surface area contributed by atoms with Gasteiger partial charge in [-0.05, 0) is 45.7 Å². The van der Waals surface area contributed by atoms with E-state index in [1.807, 2.05) is 0 Å². The molecule has 0 bridgehead atoms. The summed E-state index contributed by atoms with van der Waals surface area (Å²) in [6.07, 6.45) is 10.3. The van der Waals surface area contributed by atoms with Gasteiger partial charge in [-0.2, -0.15) is 0 Å². The normalized spacial score (nSPS) is 32.1. The third kappa shape index (κ3) is 3.31. The molecule has 2 aliphatic carbocycles. The van der Waals surface area contributed by atoms with Gasteiger partial charge in [-0.1, -0.05) is 25.7 Å². The van der Waals surface area contributed by atoms with Gasteiger partial charge in [-0.25, -0.2) is 0 Å². The molecule has 0 spiro atoms. The summed E-state index contributed by atoms with van der Waals surface area (Å²) < 4.78 is 0. The maximum absolute atomic E-state index is 12.5. The monoisotopic (exact) mass is 237 g/mol. The maximum Gasteiger partial charge on any atom is 0.140 e. The minimum absolute atomic E-state index is 0.325. The minimum Gasteiger partial charge on any atom is -0.309 e. The molecule has 0 aromatic carbocycles. The molecule has 2 aliphatic rings. The molecule has 0 radical (unpaired) electrons. The Morgan fingerprint density at radius 3 is 2.35 bits per heavy atom. The zero-order valence-electron chi connectivity index (χ0n) is 11.5. The van der Waals surface area contributed by atoms with Crippen molar-refractivity contribution >= 4 is 5.78 Å². The highest BCUT2D eigenvalue weighted by atomic mass is 16.1. The van der Waals surface area contributed by atoms with Crippen molar-refractivity contribution in [2.24, 2.45) is 17.8 Å². The summed E-state index contributed by atoms with van der Waals surface area (Å²) in [5.41, 5.74) is 0. The fourth-order valence-corrected chi connectivity index (χ4v) is 3.80. The van der Waals surface area contributed by atoms with Crippen LogP contribution in [-0.4, -0.2) is 31.3 Å². The minimum atomic E-state index is 0.325. The van der Waals surface area contributed by atoms with Crippen LogP contribution in [0.3, 0.4) is 0 Å². The predicted molar refractivity (Wildman–Crippen MR) is 71.0 cm³/mol. The van der Waals surface area contributed by atoms with E-state index in [1.165, 1.54) is 44.9 Å². The number of hydrogen-bond donors (Lipinski definition) is 0. The first kappa shape index (κ1) is 13.1. The van der Waals surface area contributed by atoms with Crippen molar-refractivity contribution in [3.8, 4) is 0 Å². The second-order valence-electron chi connectivity index (χ2n) is 6.30. The fraction of sp³-hybridized carbons (Fsp3) is 0.933. The van der Waals surface area contributed by atoms with Gasteiger partial charge in [0.15, 0.2) is 0 Å². The summed E-state index contributed by atoms with van der Waals surface area (Å²) >= 11 is 0. The molecule has 0 aromatic heterocycles. The van der Waals surface area contributed by atoms with Crippen LogP contribution in [0.1, 0.15) is 51.4 Å². The third-order valence-corrected chi connectivity index (χ3v) is 4.64. The molecule has 2 rings (SSSR count). The van der Waals surface area contributed by atoms with E-state index in [9.17, 15) is 4.79 Å². The van der Waals surface area contributed by atoms with Gasteiger partial charge in [0.2, 0.25) is 0 Å². The quantitative estimate of drug-likeness (QED) is 0.751. The van der Waals surface area contributed by atoms with Gasteiger partial charge in [-0.3, -0.25) is 4.79 Å². The van der Waals surface area contributed by atoms with Gasteiger partial charge in [-0.15, -0.1) is 0 Å². The van der Waals surface area contributed by atoms with E-state index in [4.69, 9.17) is 0 Å². The Bertz CT molecular complexity index is 256. The average Bonchev–Trinajstić information content (AvgIpc) is 2.32. The molecule has 0 aromatic rings. The van der Waals surface area contributed by atoms with Crippen LogP contribution in [0.15, 0.2) is 0 Å². The van der Waals surface area contributed by atoms with Crippen LogP contribution in [0.2, 0.25) is 0 Å². The molecule has 17 heavy (non-hydrogen) atoms. The number of hydrogen-bond acceptors (Lipinski definition) is 2. The molecule has 0 aliphatic heterocycles. The highest BCUT2D eigenvalue weighted by Gasteiger charge is 2.36. The number of carbonyl (C=O) groups is 1. The van der Waals surface area contributed by atoms with Crippen molar-refractivity contribution in [3.63, 3.8) is 0 Å². The molecule has 98 valence electrons. The first-order valence-corrected chi connectivity index (χ1v) is 7.37. The Balaban J connectivity index is 1.95. The van der Waals surface area contributed by atoms with Crippen molar-refractivity contribution in [3.05, 3.63) is 0 Å². The molecular formula is C15H27NO. The lowest BCUT2D eigenvalue weighted by Crippen LogP contribution is -2.38. The highest BCUT2D eigenvalue weighted by Crippen LogP contribution is 2.38. The summed E-state index contributed by atoms with van der Waals surface area (Å²) in [6.45, 7) is 0.960. The van der Waals surface area contributed by atoms with E-state index in [0.29, 0.717) is 17.6 Å². The summed E-state index contributed by atoms with van der Waals surface area (Å²) in [5, 5.41) is 0. The lowest BCUT2D eigenvalue weighted by Gasteiger charge is -2.36. The van der Waals surface area contributed by atoms with Gasteiger partial charge in [0.05, 0.1) is 0 Å². The summed E-state index contributed by atoms with van der Waals surface area (Å²) in [5.74, 6) is 2.05. The second-order valence-corrected chi connectivity index (χ2v) is 6.30. The Morgan fingerprint density at radius 2 is 1.71 bits per heavy atom. The van der Waals surface area contributed by atoms with E-state index in [2.05, 4.69) is 19.0 Å². The standard InChI is InChI=1S/C15H27NO/c1-16(2)11-13-9-6-10-14(15(13)17)12-7-4-3-5-8-12/h12-14H,3-11H2,1-2H3. The Morgan fingerprint density at radius 1 is 1.00 bits per heavy atom. The number of carbonyl (C=O) groups excluding carboxylic acids is 1. The van der Waals surface area contributed by atoms with E-state index >= 15 is 0 Å². The van der Waals surface area contributed by atoms with Crippen molar-refractivity contribution < 1.29 is 4.79 Å². The van der Waals surface area contributed by atoms with Crippen LogP contribution in [0.4, 0.5) is 0 Å². The Kier molecular flexibility index (Phi) is 4.61. The zero-order valence-corrected chi connectivity index (χ0v) is 11.5. The molecular weight excluding hydrogens is 210 g/mol. The second kappa shape index (κ2) is 5.99. The first-order chi connectivity index (χ1) is 8.18. The molecule has 2 heteroatoms. The van der Waals surface area contributed by atoms with Crippen molar-refractivity contribution in [2.45, 2.75) is 51.4 Å². The zero-order chi connectivity index (χ0) is 12.3. The van der Waals surface area contributed by atoms with Crippen LogP contribution in [-0.2, 0) is 4.79 Å². The van der Waals surface area contributed by atoms with E-state index in [-0.39, 0.29) is 0 Å². The van der Waals surface area contributed by atoms with Gasteiger partial charge < -0.3 is 4.90 Å². The largest absolute Gasteiger partial charge is 0.309 e. The topological polar surface area (TPSA) is 20.3 Å². The van der Waals surface area contributed by atoms with Gasteiger partial charge >= 0.3 is 0 Å². The molecule has 2 saturated carbocycles. The van der Waals surface area contributed by atoms with E-state index in [0.717, 1.165) is 18.9 Å². The van der Waals surface area contributed by atoms with Crippen LogP contribution in [0.25, 0.3) is 0 Å². The number of ketones is 1. The Labute approximate surface area is 106 Å². The van der Waals surface area contributed by atoms with Crippen LogP contribution >= 0.6 is 0 Å². The Hall–Kier alpha value is -0.370. The fourth-order valence-electron chi connectivity index (χ4n) is 3.80. The highest BCUT2D eigenvalue weighted by molar-refractivity contribution is 5.84. The summed E-state index contributed by atoms with van der Waals surface area (Å²) in [6, 6.07) is 0. The van der Waals surface area contributed by atoms with Crippen LogP contribution < -0.4 is 0 Å². The lowest BCUT2D eigenvalue weighted by molar-refractivity contribution is -0.132. The first-order valence-electron chi connectivity index (χ1n) is 7.37. The molecule has 2 fully saturated rings. The molecule has 2 unspecified atom stereocenters. The van der Waals surface area contributed by atoms with Crippen LogP contribution in [0, 0.1) is 17.8 Å². The van der Waals surface area contributed by atoms with Gasteiger partial charge in [0.1, 0.15) is 5.78 Å². The molecule has 0 amide bonds. The molecule has 0 N–H and O–H groups in total. The summed E-state index contributed by atoms with van der Waals surface area (Å²) in [7, 11) is 4.16. The van der Waals surface area contributed by atoms with E-state index < -0.39 is 0 Å². The van der Waals surface area contributed by atoms with Crippen molar-refractivity contribution in [2.75, 3.05) is 20.6 Å². The molecule has 2 atom stereocenters. The van der Waals surface area contributed by atoms with Crippen LogP contribution in [0.5, 0.6) is 0 Å². The lowest BCUT2D eigenvalue weighted by atomic mass is 9.69. The summed E-state index contributed by atoms with van der Waals surface area (Å²) in [4.78, 5) is 14.7. The SMILES string of the molecule is CN(C)CC1CCCC(C2CCCCC2)C1=O. The van der Waals surface area contributed by atoms with Crippen molar-refractivity contribution in [1.29, 1.82) is 0 Å². The van der Waals surface area contributed by atoms with Gasteiger partial charge in [0, 0.05) is 18.4 Å². The average molecular weight is 237 g/mol. The number of rotatable bonds is 3. The molecule has 0 saturated heterocycles. The third-order valence-electron chi connectivity index (χ3n) is 4.64. The number of Topliss-reactive ketones (excluding diaryl/α,β-unsaturated/α-hetero) is 1. The van der Waals surface area contributed by atoms with Crippen molar-refractivity contribution in [1.82, 2.24) is 4.90 Å². The molecule has 0 heterocycles. The van der Waals surface area contributed by atoms with Gasteiger partial charge in [0.25, 0.3) is 0 Å². The van der Waals surface area contributed by atoms with E-state index in [1.54, 1.807) is 0 Å². The number of nitrogens with zero attached hydrogens (tertiary/aromatic N) is 1. The smallest absolute Gasteiger partial charge is 0.140 e.